The van der Waals surface area contributed by atoms with Gasteiger partial charge in [-0.2, -0.15) is 0 Å². The average Bonchev–Trinajstić information content (AvgIpc) is 2.78. The van der Waals surface area contributed by atoms with Crippen molar-refractivity contribution in [2.24, 2.45) is 11.7 Å². The molecule has 3 aliphatic rings. The SMILES string of the molecule is NC1C2CC1N(Cc1ccoc1)C2. The molecule has 0 spiro atoms. The maximum atomic E-state index is 5.98. The smallest absolute Gasteiger partial charge is 0.0947 e. The second kappa shape index (κ2) is 2.59. The zero-order valence-corrected chi connectivity index (χ0v) is 7.52. The van der Waals surface area contributed by atoms with Gasteiger partial charge in [0, 0.05) is 30.7 Å². The van der Waals surface area contributed by atoms with Gasteiger partial charge in [-0.3, -0.25) is 4.90 Å². The van der Waals surface area contributed by atoms with Crippen LogP contribution in [0, 0.1) is 5.92 Å². The summed E-state index contributed by atoms with van der Waals surface area (Å²) in [5.41, 5.74) is 7.25. The van der Waals surface area contributed by atoms with Gasteiger partial charge >= 0.3 is 0 Å². The van der Waals surface area contributed by atoms with Crippen molar-refractivity contribution in [3.63, 3.8) is 0 Å². The Hall–Kier alpha value is -0.800. The topological polar surface area (TPSA) is 42.4 Å². The summed E-state index contributed by atoms with van der Waals surface area (Å²) in [6.07, 6.45) is 4.86. The number of nitrogens with zero attached hydrogens (tertiary/aromatic N) is 1. The Morgan fingerprint density at radius 1 is 1.62 bits per heavy atom. The summed E-state index contributed by atoms with van der Waals surface area (Å²) in [7, 11) is 0. The monoisotopic (exact) mass is 178 g/mol. The van der Waals surface area contributed by atoms with Crippen LogP contribution in [0.2, 0.25) is 0 Å². The van der Waals surface area contributed by atoms with Crippen LogP contribution in [0.25, 0.3) is 0 Å². The fourth-order valence-corrected chi connectivity index (χ4v) is 2.57. The minimum absolute atomic E-state index is 0.437. The summed E-state index contributed by atoms with van der Waals surface area (Å²) in [6, 6.07) is 3.10. The molecule has 2 aliphatic heterocycles. The van der Waals surface area contributed by atoms with Gasteiger partial charge in [0.05, 0.1) is 12.5 Å². The quantitative estimate of drug-likeness (QED) is 0.728. The van der Waals surface area contributed by atoms with E-state index < -0.39 is 0 Å². The molecule has 3 heterocycles. The van der Waals surface area contributed by atoms with Gasteiger partial charge in [-0.1, -0.05) is 0 Å². The third kappa shape index (κ3) is 1.04. The summed E-state index contributed by atoms with van der Waals surface area (Å²) >= 11 is 0. The molecule has 3 unspecified atom stereocenters. The lowest BCUT2D eigenvalue weighted by Gasteiger charge is -2.33. The third-order valence-corrected chi connectivity index (χ3v) is 3.44. The largest absolute Gasteiger partial charge is 0.472 e. The van der Waals surface area contributed by atoms with Gasteiger partial charge < -0.3 is 10.2 Å². The Balaban J connectivity index is 1.69. The lowest BCUT2D eigenvalue weighted by atomic mass is 9.81. The normalized spacial score (nSPS) is 37.8. The molecule has 70 valence electrons. The van der Waals surface area contributed by atoms with Crippen LogP contribution in [0.5, 0.6) is 0 Å². The lowest BCUT2D eigenvalue weighted by Crippen LogP contribution is -2.49. The molecule has 3 heteroatoms. The summed E-state index contributed by atoms with van der Waals surface area (Å²) in [5, 5.41) is 0. The van der Waals surface area contributed by atoms with Gasteiger partial charge in [-0.25, -0.2) is 0 Å². The highest BCUT2D eigenvalue weighted by Gasteiger charge is 2.49. The number of nitrogens with two attached hydrogens (primary N) is 1. The van der Waals surface area contributed by atoms with E-state index in [1.54, 1.807) is 6.26 Å². The Morgan fingerprint density at radius 2 is 2.54 bits per heavy atom. The van der Waals surface area contributed by atoms with Crippen LogP contribution >= 0.6 is 0 Å². The summed E-state index contributed by atoms with van der Waals surface area (Å²) < 4.78 is 5.04. The standard InChI is InChI=1S/C10H14N2O/c11-10-8-3-9(10)12(5-8)4-7-1-2-13-6-7/h1-2,6,8-10H,3-5,11H2. The molecule has 0 amide bonds. The lowest BCUT2D eigenvalue weighted by molar-refractivity contribution is 0.208. The van der Waals surface area contributed by atoms with E-state index in [-0.39, 0.29) is 0 Å². The number of hydrogen-bond donors (Lipinski definition) is 1. The highest BCUT2D eigenvalue weighted by molar-refractivity contribution is 5.12. The van der Waals surface area contributed by atoms with Crippen molar-refractivity contribution in [3.05, 3.63) is 24.2 Å². The third-order valence-electron chi connectivity index (χ3n) is 3.44. The Bertz CT molecular complexity index is 296. The number of furan rings is 1. The van der Waals surface area contributed by atoms with Crippen LogP contribution in [-0.4, -0.2) is 23.5 Å². The maximum Gasteiger partial charge on any atom is 0.0947 e. The second-order valence-electron chi connectivity index (χ2n) is 4.20. The first kappa shape index (κ1) is 7.59. The molecule has 13 heavy (non-hydrogen) atoms. The minimum Gasteiger partial charge on any atom is -0.472 e. The molecule has 0 radical (unpaired) electrons. The van der Waals surface area contributed by atoms with Crippen molar-refractivity contribution in [1.82, 2.24) is 4.90 Å². The van der Waals surface area contributed by atoms with Crippen LogP contribution in [0.15, 0.2) is 23.0 Å². The van der Waals surface area contributed by atoms with E-state index in [9.17, 15) is 0 Å². The summed E-state index contributed by atoms with van der Waals surface area (Å²) in [4.78, 5) is 2.47. The number of hydrogen-bond acceptors (Lipinski definition) is 3. The van der Waals surface area contributed by atoms with Crippen molar-refractivity contribution in [3.8, 4) is 0 Å². The van der Waals surface area contributed by atoms with Crippen molar-refractivity contribution in [1.29, 1.82) is 0 Å². The number of fused-ring (bicyclic) bond motifs is 1. The van der Waals surface area contributed by atoms with E-state index in [2.05, 4.69) is 4.90 Å². The number of rotatable bonds is 2. The zero-order chi connectivity index (χ0) is 8.84. The van der Waals surface area contributed by atoms with Crippen LogP contribution in [0.4, 0.5) is 0 Å². The first-order valence-corrected chi connectivity index (χ1v) is 4.85. The average molecular weight is 178 g/mol. The van der Waals surface area contributed by atoms with Crippen molar-refractivity contribution < 1.29 is 4.42 Å². The predicted molar refractivity (Wildman–Crippen MR) is 49.0 cm³/mol. The minimum atomic E-state index is 0.437. The molecule has 2 saturated heterocycles. The first-order chi connectivity index (χ1) is 6.34. The van der Waals surface area contributed by atoms with Crippen LogP contribution in [-0.2, 0) is 6.54 Å². The molecule has 1 aromatic rings. The first-order valence-electron chi connectivity index (χ1n) is 4.85. The van der Waals surface area contributed by atoms with Crippen molar-refractivity contribution >= 4 is 0 Å². The molecule has 2 bridgehead atoms. The fraction of sp³-hybridized carbons (Fsp3) is 0.600. The van der Waals surface area contributed by atoms with Gasteiger partial charge in [-0.15, -0.1) is 0 Å². The van der Waals surface area contributed by atoms with E-state index >= 15 is 0 Å². The summed E-state index contributed by atoms with van der Waals surface area (Å²) in [5.74, 6) is 0.761. The fourth-order valence-electron chi connectivity index (χ4n) is 2.57. The maximum absolute atomic E-state index is 5.98. The highest BCUT2D eigenvalue weighted by atomic mass is 16.3. The van der Waals surface area contributed by atoms with Gasteiger partial charge in [-0.05, 0) is 18.4 Å². The second-order valence-corrected chi connectivity index (χ2v) is 4.20. The van der Waals surface area contributed by atoms with Crippen LogP contribution in [0.3, 0.4) is 0 Å². The summed E-state index contributed by atoms with van der Waals surface area (Å²) in [6.45, 7) is 2.18. The van der Waals surface area contributed by atoms with Gasteiger partial charge in [0.1, 0.15) is 0 Å². The molecular formula is C10H14N2O. The molecular weight excluding hydrogens is 164 g/mol. The van der Waals surface area contributed by atoms with Crippen LogP contribution in [0.1, 0.15) is 12.0 Å². The Labute approximate surface area is 77.5 Å². The van der Waals surface area contributed by atoms with E-state index in [1.807, 2.05) is 12.3 Å². The molecule has 3 fully saturated rings. The predicted octanol–water partition coefficient (Wildman–Crippen LogP) is 0.811. The molecule has 3 atom stereocenters. The van der Waals surface area contributed by atoms with Gasteiger partial charge in [0.2, 0.25) is 0 Å². The molecule has 2 N–H and O–H groups in total. The van der Waals surface area contributed by atoms with E-state index in [4.69, 9.17) is 10.2 Å². The zero-order valence-electron chi connectivity index (χ0n) is 7.52. The molecule has 1 saturated carbocycles. The molecule has 3 nitrogen and oxygen atoms in total. The van der Waals surface area contributed by atoms with E-state index in [1.165, 1.54) is 18.5 Å². The highest BCUT2D eigenvalue weighted by Crippen LogP contribution is 2.40. The van der Waals surface area contributed by atoms with Crippen molar-refractivity contribution in [2.45, 2.75) is 25.0 Å². The molecule has 1 aliphatic carbocycles. The molecule has 4 rings (SSSR count). The Morgan fingerprint density at radius 3 is 3.08 bits per heavy atom. The van der Waals surface area contributed by atoms with E-state index in [0.29, 0.717) is 12.1 Å². The molecule has 0 aromatic carbocycles. The Kier molecular flexibility index (Phi) is 1.51. The van der Waals surface area contributed by atoms with Gasteiger partial charge in [0.15, 0.2) is 0 Å². The van der Waals surface area contributed by atoms with Gasteiger partial charge in [0.25, 0.3) is 0 Å². The molecule has 1 aromatic heterocycles. The van der Waals surface area contributed by atoms with Crippen LogP contribution < -0.4 is 5.73 Å². The van der Waals surface area contributed by atoms with Crippen molar-refractivity contribution in [2.75, 3.05) is 6.54 Å². The van der Waals surface area contributed by atoms with E-state index in [0.717, 1.165) is 12.5 Å².